The van der Waals surface area contributed by atoms with Crippen LogP contribution in [0.4, 0.5) is 0 Å². The maximum absolute atomic E-state index is 13.0. The predicted octanol–water partition coefficient (Wildman–Crippen LogP) is 2.73. The zero-order chi connectivity index (χ0) is 17.6. The highest BCUT2D eigenvalue weighted by Gasteiger charge is 2.25. The second-order valence-electron chi connectivity index (χ2n) is 5.40. The monoisotopic (exact) mass is 347 g/mol. The van der Waals surface area contributed by atoms with Gasteiger partial charge in [0.1, 0.15) is 0 Å². The van der Waals surface area contributed by atoms with Gasteiger partial charge in [-0.1, -0.05) is 42.5 Å². The van der Waals surface area contributed by atoms with E-state index in [1.807, 2.05) is 30.3 Å². The van der Waals surface area contributed by atoms with Crippen LogP contribution >= 0.6 is 0 Å². The van der Waals surface area contributed by atoms with Crippen LogP contribution in [0.3, 0.4) is 0 Å². The molecular weight excluding hydrogens is 326 g/mol. The van der Waals surface area contributed by atoms with Gasteiger partial charge in [0.2, 0.25) is 10.0 Å². The summed E-state index contributed by atoms with van der Waals surface area (Å²) in [7, 11) is -2.19. The van der Waals surface area contributed by atoms with Gasteiger partial charge in [-0.3, -0.25) is 4.79 Å². The summed E-state index contributed by atoms with van der Waals surface area (Å²) in [6, 6.07) is 15.5. The number of nitrogens with zero attached hydrogens (tertiary/aromatic N) is 1. The Hall–Kier alpha value is -2.02. The summed E-state index contributed by atoms with van der Waals surface area (Å²) in [6.07, 6.45) is 0. The lowest BCUT2D eigenvalue weighted by atomic mass is 10.2. The third kappa shape index (κ3) is 4.50. The molecule has 0 aliphatic heterocycles. The van der Waals surface area contributed by atoms with Crippen molar-refractivity contribution in [3.05, 3.63) is 65.7 Å². The highest BCUT2D eigenvalue weighted by molar-refractivity contribution is 7.89. The number of hydrogen-bond donors (Lipinski definition) is 0. The van der Waals surface area contributed by atoms with Crippen molar-refractivity contribution < 1.29 is 17.9 Å². The van der Waals surface area contributed by atoms with E-state index in [0.29, 0.717) is 12.2 Å². The molecule has 6 heteroatoms. The lowest BCUT2D eigenvalue weighted by Gasteiger charge is -2.22. The summed E-state index contributed by atoms with van der Waals surface area (Å²) in [5.74, 6) is -0.168. The van der Waals surface area contributed by atoms with Gasteiger partial charge < -0.3 is 4.74 Å². The van der Waals surface area contributed by atoms with Gasteiger partial charge in [-0.05, 0) is 24.6 Å². The van der Waals surface area contributed by atoms with E-state index >= 15 is 0 Å². The van der Waals surface area contributed by atoms with Crippen LogP contribution in [-0.2, 0) is 21.3 Å². The average molecular weight is 347 g/mol. The minimum atomic E-state index is -3.73. The first kappa shape index (κ1) is 18.3. The van der Waals surface area contributed by atoms with Gasteiger partial charge >= 0.3 is 0 Å². The summed E-state index contributed by atoms with van der Waals surface area (Å²) in [5, 5.41) is 0. The number of ether oxygens (including phenoxy) is 1. The van der Waals surface area contributed by atoms with Crippen LogP contribution < -0.4 is 0 Å². The maximum Gasteiger partial charge on any atom is 0.243 e. The van der Waals surface area contributed by atoms with Gasteiger partial charge in [-0.15, -0.1) is 0 Å². The molecule has 0 heterocycles. The van der Waals surface area contributed by atoms with Crippen molar-refractivity contribution in [2.75, 3.05) is 20.3 Å². The number of hydrogen-bond acceptors (Lipinski definition) is 4. The Morgan fingerprint density at radius 3 is 2.42 bits per heavy atom. The number of rotatable bonds is 8. The van der Waals surface area contributed by atoms with Crippen LogP contribution in [0.1, 0.15) is 22.8 Å². The largest absolute Gasteiger partial charge is 0.383 e. The summed E-state index contributed by atoms with van der Waals surface area (Å²) in [6.45, 7) is 2.19. The number of benzene rings is 2. The molecule has 0 spiro atoms. The van der Waals surface area contributed by atoms with Crippen molar-refractivity contribution in [2.45, 2.75) is 18.4 Å². The first-order valence-electron chi connectivity index (χ1n) is 7.59. The molecule has 5 nitrogen and oxygen atoms in total. The normalized spacial score (nSPS) is 11.6. The summed E-state index contributed by atoms with van der Waals surface area (Å²) in [5.41, 5.74) is 1.27. The Bertz CT molecular complexity index is 788. The fourth-order valence-corrected chi connectivity index (χ4v) is 3.75. The molecule has 0 fully saturated rings. The molecule has 0 bridgehead atoms. The maximum atomic E-state index is 13.0. The molecule has 0 unspecified atom stereocenters. The zero-order valence-electron chi connectivity index (χ0n) is 13.8. The smallest absolute Gasteiger partial charge is 0.243 e. The van der Waals surface area contributed by atoms with E-state index in [2.05, 4.69) is 0 Å². The molecular formula is C18H21NO4S. The van der Waals surface area contributed by atoms with Gasteiger partial charge in [0.25, 0.3) is 0 Å². The van der Waals surface area contributed by atoms with E-state index in [0.717, 1.165) is 5.56 Å². The van der Waals surface area contributed by atoms with Crippen molar-refractivity contribution >= 4 is 15.8 Å². The number of ketones is 1. The fourth-order valence-electron chi connectivity index (χ4n) is 2.29. The van der Waals surface area contributed by atoms with E-state index in [-0.39, 0.29) is 23.8 Å². The fraction of sp³-hybridized carbons (Fsp3) is 0.278. The topological polar surface area (TPSA) is 63.7 Å². The minimum Gasteiger partial charge on any atom is -0.383 e. The Morgan fingerprint density at radius 1 is 1.08 bits per heavy atom. The van der Waals surface area contributed by atoms with Crippen LogP contribution in [0.5, 0.6) is 0 Å². The molecule has 0 saturated heterocycles. The number of methoxy groups -OCH3 is 1. The van der Waals surface area contributed by atoms with Crippen LogP contribution in [-0.4, -0.2) is 38.8 Å². The Balaban J connectivity index is 2.36. The van der Waals surface area contributed by atoms with Crippen molar-refractivity contribution in [1.82, 2.24) is 4.31 Å². The minimum absolute atomic E-state index is 0.113. The Kier molecular flexibility index (Phi) is 6.25. The molecule has 128 valence electrons. The SMILES string of the molecule is COCCN(Cc1ccccc1)S(=O)(=O)c1cccc(C(C)=O)c1. The van der Waals surface area contributed by atoms with E-state index in [4.69, 9.17) is 4.74 Å². The summed E-state index contributed by atoms with van der Waals surface area (Å²) < 4.78 is 32.4. The van der Waals surface area contributed by atoms with Crippen LogP contribution in [0, 0.1) is 0 Å². The highest BCUT2D eigenvalue weighted by atomic mass is 32.2. The van der Waals surface area contributed by atoms with Crippen LogP contribution in [0.15, 0.2) is 59.5 Å². The van der Waals surface area contributed by atoms with Gasteiger partial charge in [0.05, 0.1) is 11.5 Å². The number of sulfonamides is 1. The van der Waals surface area contributed by atoms with E-state index in [9.17, 15) is 13.2 Å². The van der Waals surface area contributed by atoms with E-state index < -0.39 is 10.0 Å². The van der Waals surface area contributed by atoms with E-state index in [1.165, 1.54) is 30.5 Å². The third-order valence-electron chi connectivity index (χ3n) is 3.62. The number of carbonyl (C=O) groups excluding carboxylic acids is 1. The lowest BCUT2D eigenvalue weighted by molar-refractivity contribution is 0.101. The predicted molar refractivity (Wildman–Crippen MR) is 92.4 cm³/mol. The lowest BCUT2D eigenvalue weighted by Crippen LogP contribution is -2.33. The van der Waals surface area contributed by atoms with Crippen molar-refractivity contribution in [1.29, 1.82) is 0 Å². The quantitative estimate of drug-likeness (QED) is 0.689. The molecule has 2 rings (SSSR count). The summed E-state index contributed by atoms with van der Waals surface area (Å²) >= 11 is 0. The molecule has 0 atom stereocenters. The molecule has 2 aromatic carbocycles. The molecule has 0 saturated carbocycles. The van der Waals surface area contributed by atoms with Gasteiger partial charge in [-0.25, -0.2) is 8.42 Å². The second kappa shape index (κ2) is 8.19. The molecule has 0 N–H and O–H groups in total. The van der Waals surface area contributed by atoms with Gasteiger partial charge in [-0.2, -0.15) is 4.31 Å². The Labute approximate surface area is 142 Å². The van der Waals surface area contributed by atoms with Crippen LogP contribution in [0.2, 0.25) is 0 Å². The zero-order valence-corrected chi connectivity index (χ0v) is 14.6. The molecule has 2 aromatic rings. The first-order valence-corrected chi connectivity index (χ1v) is 9.03. The molecule has 0 aromatic heterocycles. The van der Waals surface area contributed by atoms with Gasteiger partial charge in [0, 0.05) is 25.8 Å². The van der Waals surface area contributed by atoms with Crippen molar-refractivity contribution in [3.8, 4) is 0 Å². The average Bonchev–Trinajstić information content (AvgIpc) is 2.59. The third-order valence-corrected chi connectivity index (χ3v) is 5.47. The molecule has 0 aliphatic rings. The van der Waals surface area contributed by atoms with Gasteiger partial charge in [0.15, 0.2) is 5.78 Å². The first-order chi connectivity index (χ1) is 11.4. The molecule has 0 aliphatic carbocycles. The second-order valence-corrected chi connectivity index (χ2v) is 7.34. The summed E-state index contributed by atoms with van der Waals surface area (Å²) in [4.78, 5) is 11.6. The molecule has 0 amide bonds. The van der Waals surface area contributed by atoms with E-state index in [1.54, 1.807) is 12.1 Å². The molecule has 24 heavy (non-hydrogen) atoms. The molecule has 0 radical (unpaired) electrons. The van der Waals surface area contributed by atoms with Crippen LogP contribution in [0.25, 0.3) is 0 Å². The van der Waals surface area contributed by atoms with Crippen molar-refractivity contribution in [2.24, 2.45) is 0 Å². The van der Waals surface area contributed by atoms with Crippen molar-refractivity contribution in [3.63, 3.8) is 0 Å². The standard InChI is InChI=1S/C18H21NO4S/c1-15(20)17-9-6-10-18(13-17)24(21,22)19(11-12-23-2)14-16-7-4-3-5-8-16/h3-10,13H,11-12,14H2,1-2H3. The highest BCUT2D eigenvalue weighted by Crippen LogP contribution is 2.19. The number of Topliss-reactive ketones (excluding diaryl/α,β-unsaturated/α-hetero) is 1. The number of carbonyl (C=O) groups is 1. The Morgan fingerprint density at radius 2 is 1.79 bits per heavy atom.